The highest BCUT2D eigenvalue weighted by molar-refractivity contribution is 5.82. The Morgan fingerprint density at radius 3 is 2.54 bits per heavy atom. The number of aromatic nitrogens is 2. The summed E-state index contributed by atoms with van der Waals surface area (Å²) >= 11 is 0. The third-order valence-electron chi connectivity index (χ3n) is 1.76. The summed E-state index contributed by atoms with van der Waals surface area (Å²) < 4.78 is 0. The lowest BCUT2D eigenvalue weighted by molar-refractivity contribution is 1.23. The van der Waals surface area contributed by atoms with E-state index < -0.39 is 0 Å². The molecule has 68 valence electrons. The van der Waals surface area contributed by atoms with Gasteiger partial charge < -0.3 is 0 Å². The summed E-state index contributed by atoms with van der Waals surface area (Å²) in [6.07, 6.45) is 5.44. The molecule has 0 atom stereocenters. The largest absolute Gasteiger partial charge is 0.264 e. The van der Waals surface area contributed by atoms with Crippen LogP contribution in [0.3, 0.4) is 0 Å². The predicted molar refractivity (Wildman–Crippen MR) is 55.6 cm³/mol. The van der Waals surface area contributed by atoms with Crippen molar-refractivity contribution in [3.63, 3.8) is 0 Å². The lowest BCUT2D eigenvalue weighted by Gasteiger charge is -1.97. The first-order chi connectivity index (χ1) is 6.38. The second kappa shape index (κ2) is 4.55. The molecule has 0 aliphatic carbocycles. The van der Waals surface area contributed by atoms with E-state index in [0.29, 0.717) is 0 Å². The van der Waals surface area contributed by atoms with Gasteiger partial charge in [-0.2, -0.15) is 0 Å². The Bertz CT molecular complexity index is 377. The summed E-state index contributed by atoms with van der Waals surface area (Å²) in [5.74, 6) is 0. The van der Waals surface area contributed by atoms with Gasteiger partial charge in [0.2, 0.25) is 0 Å². The average molecular weight is 174 g/mol. The van der Waals surface area contributed by atoms with Gasteiger partial charge in [0.25, 0.3) is 0 Å². The van der Waals surface area contributed by atoms with Crippen molar-refractivity contribution in [2.24, 2.45) is 0 Å². The standard InChI is InChI=1S/C9H8N2.C2H6/c1-7-9-3-4-10-6-8(9)2-5-11-7;1-2/h2-6H,1H3;1-2H3. The number of hydrogen-bond acceptors (Lipinski definition) is 2. The maximum atomic E-state index is 4.18. The van der Waals surface area contributed by atoms with Crippen LogP contribution in [0.4, 0.5) is 0 Å². The highest BCUT2D eigenvalue weighted by atomic mass is 14.7. The highest BCUT2D eigenvalue weighted by Gasteiger charge is 1.94. The first-order valence-corrected chi connectivity index (χ1v) is 4.53. The zero-order valence-electron chi connectivity index (χ0n) is 8.28. The van der Waals surface area contributed by atoms with E-state index in [0.717, 1.165) is 11.1 Å². The fourth-order valence-corrected chi connectivity index (χ4v) is 1.17. The molecule has 0 aliphatic rings. The van der Waals surface area contributed by atoms with Gasteiger partial charge in [0.05, 0.1) is 0 Å². The van der Waals surface area contributed by atoms with E-state index >= 15 is 0 Å². The van der Waals surface area contributed by atoms with Gasteiger partial charge >= 0.3 is 0 Å². The Morgan fingerprint density at radius 2 is 1.85 bits per heavy atom. The van der Waals surface area contributed by atoms with E-state index in [-0.39, 0.29) is 0 Å². The van der Waals surface area contributed by atoms with Crippen molar-refractivity contribution in [2.75, 3.05) is 0 Å². The molecular formula is C11H14N2. The molecule has 0 bridgehead atoms. The third-order valence-corrected chi connectivity index (χ3v) is 1.76. The van der Waals surface area contributed by atoms with Gasteiger partial charge in [-0.15, -0.1) is 0 Å². The van der Waals surface area contributed by atoms with Crippen LogP contribution in [-0.4, -0.2) is 9.97 Å². The first-order valence-electron chi connectivity index (χ1n) is 4.53. The summed E-state index contributed by atoms with van der Waals surface area (Å²) in [5.41, 5.74) is 1.06. The molecular weight excluding hydrogens is 160 g/mol. The fourth-order valence-electron chi connectivity index (χ4n) is 1.17. The van der Waals surface area contributed by atoms with Crippen LogP contribution in [0, 0.1) is 6.92 Å². The molecule has 0 aromatic carbocycles. The first kappa shape index (κ1) is 9.65. The SMILES string of the molecule is CC.Cc1nccc2cnccc12. The zero-order chi connectivity index (χ0) is 9.68. The Labute approximate surface area is 78.7 Å². The van der Waals surface area contributed by atoms with E-state index in [1.54, 1.807) is 12.4 Å². The van der Waals surface area contributed by atoms with Crippen LogP contribution in [0.15, 0.2) is 30.7 Å². The Hall–Kier alpha value is -1.44. The van der Waals surface area contributed by atoms with Crippen molar-refractivity contribution in [3.8, 4) is 0 Å². The van der Waals surface area contributed by atoms with Crippen molar-refractivity contribution in [1.82, 2.24) is 9.97 Å². The maximum absolute atomic E-state index is 4.18. The van der Waals surface area contributed by atoms with Gasteiger partial charge in [-0.05, 0) is 19.1 Å². The zero-order valence-corrected chi connectivity index (χ0v) is 8.28. The molecule has 0 saturated heterocycles. The van der Waals surface area contributed by atoms with E-state index in [1.165, 1.54) is 5.39 Å². The quantitative estimate of drug-likeness (QED) is 0.613. The summed E-state index contributed by atoms with van der Waals surface area (Å²) in [6.45, 7) is 6.00. The van der Waals surface area contributed by atoms with E-state index in [1.807, 2.05) is 39.1 Å². The second-order valence-electron chi connectivity index (χ2n) is 2.49. The van der Waals surface area contributed by atoms with Gasteiger partial charge in [0.15, 0.2) is 0 Å². The number of fused-ring (bicyclic) bond motifs is 1. The summed E-state index contributed by atoms with van der Waals surface area (Å²) in [4.78, 5) is 8.21. The Kier molecular flexibility index (Phi) is 3.38. The molecule has 2 aromatic heterocycles. The van der Waals surface area contributed by atoms with Crippen LogP contribution >= 0.6 is 0 Å². The predicted octanol–water partition coefficient (Wildman–Crippen LogP) is 2.96. The smallest absolute Gasteiger partial charge is 0.0452 e. The van der Waals surface area contributed by atoms with Crippen LogP contribution in [0.1, 0.15) is 19.5 Å². The lowest BCUT2D eigenvalue weighted by atomic mass is 10.2. The number of rotatable bonds is 0. The van der Waals surface area contributed by atoms with Gasteiger partial charge in [-0.3, -0.25) is 9.97 Å². The molecule has 2 nitrogen and oxygen atoms in total. The minimum Gasteiger partial charge on any atom is -0.264 e. The molecule has 0 amide bonds. The van der Waals surface area contributed by atoms with Gasteiger partial charge in [0.1, 0.15) is 0 Å². The van der Waals surface area contributed by atoms with E-state index in [4.69, 9.17) is 0 Å². The Morgan fingerprint density at radius 1 is 1.08 bits per heavy atom. The lowest BCUT2D eigenvalue weighted by Crippen LogP contribution is -1.82. The van der Waals surface area contributed by atoms with Crippen molar-refractivity contribution < 1.29 is 0 Å². The molecule has 0 saturated carbocycles. The molecule has 13 heavy (non-hydrogen) atoms. The molecule has 2 aromatic rings. The topological polar surface area (TPSA) is 25.8 Å². The van der Waals surface area contributed by atoms with Gasteiger partial charge in [-0.1, -0.05) is 13.8 Å². The molecule has 0 unspecified atom stereocenters. The number of aryl methyl sites for hydroxylation is 1. The molecule has 0 N–H and O–H groups in total. The molecule has 0 radical (unpaired) electrons. The molecule has 2 heteroatoms. The van der Waals surface area contributed by atoms with Crippen LogP contribution in [0.2, 0.25) is 0 Å². The minimum absolute atomic E-state index is 1.06. The maximum Gasteiger partial charge on any atom is 0.0452 e. The molecule has 2 rings (SSSR count). The van der Waals surface area contributed by atoms with Crippen LogP contribution in [0.25, 0.3) is 10.8 Å². The van der Waals surface area contributed by atoms with Crippen LogP contribution in [-0.2, 0) is 0 Å². The fraction of sp³-hybridized carbons (Fsp3) is 0.273. The normalized spacial score (nSPS) is 9.15. The highest BCUT2D eigenvalue weighted by Crippen LogP contribution is 2.12. The molecule has 0 aliphatic heterocycles. The Balaban J connectivity index is 0.000000396. The van der Waals surface area contributed by atoms with Gasteiger partial charge in [-0.25, -0.2) is 0 Å². The van der Waals surface area contributed by atoms with Crippen molar-refractivity contribution in [3.05, 3.63) is 36.4 Å². The van der Waals surface area contributed by atoms with E-state index in [2.05, 4.69) is 9.97 Å². The third kappa shape index (κ3) is 2.02. The molecule has 0 spiro atoms. The average Bonchev–Trinajstić information content (AvgIpc) is 2.22. The summed E-state index contributed by atoms with van der Waals surface area (Å²) in [5, 5.41) is 2.34. The second-order valence-corrected chi connectivity index (χ2v) is 2.49. The van der Waals surface area contributed by atoms with Crippen molar-refractivity contribution in [1.29, 1.82) is 0 Å². The number of hydrogen-bond donors (Lipinski definition) is 0. The number of nitrogens with zero attached hydrogens (tertiary/aromatic N) is 2. The minimum atomic E-state index is 1.06. The number of pyridine rings is 2. The van der Waals surface area contributed by atoms with Crippen LogP contribution in [0.5, 0.6) is 0 Å². The van der Waals surface area contributed by atoms with Gasteiger partial charge in [0, 0.05) is 35.1 Å². The summed E-state index contributed by atoms with van der Waals surface area (Å²) in [6, 6.07) is 3.95. The van der Waals surface area contributed by atoms with Crippen molar-refractivity contribution >= 4 is 10.8 Å². The molecule has 0 fully saturated rings. The molecule has 2 heterocycles. The monoisotopic (exact) mass is 174 g/mol. The van der Waals surface area contributed by atoms with Crippen LogP contribution < -0.4 is 0 Å². The van der Waals surface area contributed by atoms with Crippen molar-refractivity contribution in [2.45, 2.75) is 20.8 Å². The summed E-state index contributed by atoms with van der Waals surface area (Å²) in [7, 11) is 0. The van der Waals surface area contributed by atoms with E-state index in [9.17, 15) is 0 Å².